The van der Waals surface area contributed by atoms with Gasteiger partial charge in [0.2, 0.25) is 5.91 Å². The number of halogens is 1. The Morgan fingerprint density at radius 2 is 1.76 bits per heavy atom. The number of hydrogen-bond donors (Lipinski definition) is 3. The van der Waals surface area contributed by atoms with Crippen molar-refractivity contribution in [2.24, 2.45) is 0 Å². The highest BCUT2D eigenvalue weighted by Gasteiger charge is 2.10. The van der Waals surface area contributed by atoms with Crippen molar-refractivity contribution in [1.29, 1.82) is 0 Å². The maximum absolute atomic E-state index is 13.8. The Morgan fingerprint density at radius 3 is 2.52 bits per heavy atom. The molecule has 0 saturated carbocycles. The highest BCUT2D eigenvalue weighted by molar-refractivity contribution is 6.01. The summed E-state index contributed by atoms with van der Waals surface area (Å²) in [6, 6.07) is 8.25. The van der Waals surface area contributed by atoms with Crippen molar-refractivity contribution in [3.8, 4) is 0 Å². The molecule has 0 fully saturated rings. The molecule has 8 heteroatoms. The summed E-state index contributed by atoms with van der Waals surface area (Å²) in [7, 11) is 0. The molecule has 0 atom stereocenters. The Kier molecular flexibility index (Phi) is 4.34. The first kappa shape index (κ1) is 16.4. The summed E-state index contributed by atoms with van der Waals surface area (Å²) < 4.78 is 19.2. The molecule has 25 heavy (non-hydrogen) atoms. The van der Waals surface area contributed by atoms with Gasteiger partial charge in [0.05, 0.1) is 5.69 Å². The summed E-state index contributed by atoms with van der Waals surface area (Å²) in [5, 5.41) is 7.52. The monoisotopic (exact) mass is 342 g/mol. The zero-order valence-corrected chi connectivity index (χ0v) is 13.5. The normalized spacial score (nSPS) is 10.5. The SMILES string of the molecule is CC(=O)Nc1ccc(F)c(NC(=O)Nc2ccc3oc(C)nc3c2)c1. The molecule has 1 aromatic heterocycles. The fourth-order valence-electron chi connectivity index (χ4n) is 2.31. The number of aromatic nitrogens is 1. The van der Waals surface area contributed by atoms with Crippen molar-refractivity contribution in [3.05, 3.63) is 48.1 Å². The van der Waals surface area contributed by atoms with Gasteiger partial charge in [-0.1, -0.05) is 0 Å². The molecule has 3 N–H and O–H groups in total. The van der Waals surface area contributed by atoms with E-state index >= 15 is 0 Å². The predicted molar refractivity (Wildman–Crippen MR) is 92.1 cm³/mol. The smallest absolute Gasteiger partial charge is 0.323 e. The average molecular weight is 342 g/mol. The van der Waals surface area contributed by atoms with E-state index < -0.39 is 11.8 Å². The Bertz CT molecular complexity index is 968. The van der Waals surface area contributed by atoms with Gasteiger partial charge < -0.3 is 20.4 Å². The van der Waals surface area contributed by atoms with E-state index in [1.807, 2.05) is 0 Å². The van der Waals surface area contributed by atoms with Crippen LogP contribution in [0.4, 0.5) is 26.2 Å². The molecule has 0 spiro atoms. The number of urea groups is 1. The number of benzene rings is 2. The number of nitrogens with zero attached hydrogens (tertiary/aromatic N) is 1. The van der Waals surface area contributed by atoms with E-state index in [1.165, 1.54) is 19.1 Å². The Hall–Kier alpha value is -3.42. The van der Waals surface area contributed by atoms with Crippen molar-refractivity contribution in [2.75, 3.05) is 16.0 Å². The van der Waals surface area contributed by atoms with Crippen molar-refractivity contribution >= 4 is 40.1 Å². The number of aryl methyl sites for hydroxylation is 1. The molecule has 0 radical (unpaired) electrons. The second kappa shape index (κ2) is 6.60. The predicted octanol–water partition coefficient (Wildman–Crippen LogP) is 3.88. The number of anilines is 3. The number of carbonyl (C=O) groups is 2. The summed E-state index contributed by atoms with van der Waals surface area (Å²) in [6.45, 7) is 3.07. The molecule has 0 saturated heterocycles. The highest BCUT2D eigenvalue weighted by atomic mass is 19.1. The molecule has 7 nitrogen and oxygen atoms in total. The van der Waals surface area contributed by atoms with Gasteiger partial charge >= 0.3 is 6.03 Å². The first-order valence-electron chi connectivity index (χ1n) is 7.43. The van der Waals surface area contributed by atoms with E-state index in [0.717, 1.165) is 6.07 Å². The third kappa shape index (κ3) is 3.92. The lowest BCUT2D eigenvalue weighted by Crippen LogP contribution is -2.20. The van der Waals surface area contributed by atoms with Crippen LogP contribution in [0.5, 0.6) is 0 Å². The second-order valence-corrected chi connectivity index (χ2v) is 5.37. The van der Waals surface area contributed by atoms with Gasteiger partial charge in [-0.3, -0.25) is 4.79 Å². The van der Waals surface area contributed by atoms with Crippen LogP contribution < -0.4 is 16.0 Å². The molecule has 0 bridgehead atoms. The van der Waals surface area contributed by atoms with Crippen LogP contribution in [0.2, 0.25) is 0 Å². The first-order valence-corrected chi connectivity index (χ1v) is 7.43. The minimum Gasteiger partial charge on any atom is -0.441 e. The van der Waals surface area contributed by atoms with Gasteiger partial charge in [0.25, 0.3) is 0 Å². The molecule has 0 aliphatic rings. The summed E-state index contributed by atoms with van der Waals surface area (Å²) in [5.74, 6) is -0.390. The molecule has 2 aromatic carbocycles. The van der Waals surface area contributed by atoms with E-state index in [-0.39, 0.29) is 11.6 Å². The number of nitrogens with one attached hydrogen (secondary N) is 3. The number of hydrogen-bond acceptors (Lipinski definition) is 4. The van der Waals surface area contributed by atoms with E-state index in [2.05, 4.69) is 20.9 Å². The maximum Gasteiger partial charge on any atom is 0.323 e. The van der Waals surface area contributed by atoms with Crippen LogP contribution in [0, 0.1) is 12.7 Å². The first-order chi connectivity index (χ1) is 11.9. The van der Waals surface area contributed by atoms with Crippen LogP contribution in [0.1, 0.15) is 12.8 Å². The standard InChI is InChI=1S/C17H15FN4O3/c1-9(23)19-11-3-5-13(18)14(7-11)22-17(24)21-12-4-6-16-15(8-12)20-10(2)25-16/h3-8H,1-2H3,(H,19,23)(H2,21,22,24). The van der Waals surface area contributed by atoms with Crippen LogP contribution in [0.3, 0.4) is 0 Å². The lowest BCUT2D eigenvalue weighted by molar-refractivity contribution is -0.114. The molecule has 0 aliphatic heterocycles. The van der Waals surface area contributed by atoms with Gasteiger partial charge in [0.15, 0.2) is 11.5 Å². The molecule has 0 unspecified atom stereocenters. The van der Waals surface area contributed by atoms with Crippen LogP contribution in [-0.4, -0.2) is 16.9 Å². The number of fused-ring (bicyclic) bond motifs is 1. The van der Waals surface area contributed by atoms with Crippen molar-refractivity contribution in [1.82, 2.24) is 4.98 Å². The fourth-order valence-corrected chi connectivity index (χ4v) is 2.31. The Labute approximate surface area is 142 Å². The van der Waals surface area contributed by atoms with Crippen LogP contribution in [-0.2, 0) is 4.79 Å². The molecule has 0 aliphatic carbocycles. The maximum atomic E-state index is 13.8. The molecular weight excluding hydrogens is 327 g/mol. The zero-order valence-electron chi connectivity index (χ0n) is 13.5. The Balaban J connectivity index is 1.73. The third-order valence-electron chi connectivity index (χ3n) is 3.29. The topological polar surface area (TPSA) is 96.3 Å². The van der Waals surface area contributed by atoms with E-state index in [4.69, 9.17) is 4.42 Å². The fraction of sp³-hybridized carbons (Fsp3) is 0.118. The van der Waals surface area contributed by atoms with Crippen molar-refractivity contribution in [3.63, 3.8) is 0 Å². The second-order valence-electron chi connectivity index (χ2n) is 5.37. The van der Waals surface area contributed by atoms with Crippen LogP contribution in [0.15, 0.2) is 40.8 Å². The summed E-state index contributed by atoms with van der Waals surface area (Å²) in [6.07, 6.45) is 0. The molecule has 3 rings (SSSR count). The number of oxazole rings is 1. The van der Waals surface area contributed by atoms with Gasteiger partial charge in [-0.2, -0.15) is 0 Å². The third-order valence-corrected chi connectivity index (χ3v) is 3.29. The van der Waals surface area contributed by atoms with Crippen LogP contribution >= 0.6 is 0 Å². The molecule has 3 amide bonds. The van der Waals surface area contributed by atoms with Gasteiger partial charge in [-0.25, -0.2) is 14.2 Å². The van der Waals surface area contributed by atoms with Gasteiger partial charge in [-0.15, -0.1) is 0 Å². The van der Waals surface area contributed by atoms with Crippen molar-refractivity contribution in [2.45, 2.75) is 13.8 Å². The molecule has 3 aromatic rings. The number of carbonyl (C=O) groups excluding carboxylic acids is 2. The van der Waals surface area contributed by atoms with E-state index in [9.17, 15) is 14.0 Å². The van der Waals surface area contributed by atoms with Gasteiger partial charge in [0, 0.05) is 25.2 Å². The van der Waals surface area contributed by atoms with Crippen LogP contribution in [0.25, 0.3) is 11.1 Å². The minimum atomic E-state index is -0.626. The minimum absolute atomic E-state index is 0.0536. The highest BCUT2D eigenvalue weighted by Crippen LogP contribution is 2.22. The van der Waals surface area contributed by atoms with E-state index in [0.29, 0.717) is 28.4 Å². The number of amides is 3. The molecular formula is C17H15FN4O3. The van der Waals surface area contributed by atoms with Gasteiger partial charge in [0.1, 0.15) is 11.3 Å². The zero-order chi connectivity index (χ0) is 18.0. The lowest BCUT2D eigenvalue weighted by atomic mass is 10.2. The molecule has 128 valence electrons. The lowest BCUT2D eigenvalue weighted by Gasteiger charge is -2.10. The quantitative estimate of drug-likeness (QED) is 0.673. The summed E-state index contributed by atoms with van der Waals surface area (Å²) >= 11 is 0. The van der Waals surface area contributed by atoms with Gasteiger partial charge in [-0.05, 0) is 36.4 Å². The van der Waals surface area contributed by atoms with Crippen molar-refractivity contribution < 1.29 is 18.4 Å². The summed E-state index contributed by atoms with van der Waals surface area (Å²) in [5.41, 5.74) is 2.02. The molecule has 1 heterocycles. The summed E-state index contributed by atoms with van der Waals surface area (Å²) in [4.78, 5) is 27.3. The number of rotatable bonds is 3. The van der Waals surface area contributed by atoms with E-state index in [1.54, 1.807) is 25.1 Å². The Morgan fingerprint density at radius 1 is 1.04 bits per heavy atom. The average Bonchev–Trinajstić information content (AvgIpc) is 2.89. The largest absolute Gasteiger partial charge is 0.441 e.